The fourth-order valence-electron chi connectivity index (χ4n) is 0.972. The molecule has 3 N–H and O–H groups in total. The second-order valence-corrected chi connectivity index (χ2v) is 3.21. The number of hydrogen-bond acceptors (Lipinski definition) is 3. The van der Waals surface area contributed by atoms with E-state index in [0.29, 0.717) is 0 Å². The highest BCUT2D eigenvalue weighted by Gasteiger charge is 2.40. The third-order valence-electron chi connectivity index (χ3n) is 1.86. The molecule has 0 radical (unpaired) electrons. The molecule has 0 aliphatic carbocycles. The standard InChI is InChI=1S/C9H9F4N3O/c10-8(11)9(12,13)4-16-5-1-2-15-6(3-5)7(14)17/h1-3,8H,4H2,(H2,14,17)(H,15,16). The zero-order valence-corrected chi connectivity index (χ0v) is 8.46. The van der Waals surface area contributed by atoms with Gasteiger partial charge in [-0.25, -0.2) is 8.78 Å². The van der Waals surface area contributed by atoms with Gasteiger partial charge in [0.25, 0.3) is 5.91 Å². The van der Waals surface area contributed by atoms with Crippen LogP contribution in [0.3, 0.4) is 0 Å². The molecule has 0 aromatic carbocycles. The zero-order valence-electron chi connectivity index (χ0n) is 8.46. The van der Waals surface area contributed by atoms with Crippen molar-refractivity contribution in [3.63, 3.8) is 0 Å². The first-order chi connectivity index (χ1) is 7.83. The largest absolute Gasteiger partial charge is 0.379 e. The molecule has 1 heterocycles. The monoisotopic (exact) mass is 251 g/mol. The van der Waals surface area contributed by atoms with E-state index in [1.54, 1.807) is 0 Å². The molecule has 17 heavy (non-hydrogen) atoms. The van der Waals surface area contributed by atoms with E-state index in [9.17, 15) is 22.4 Å². The number of aromatic nitrogens is 1. The number of nitrogens with two attached hydrogens (primary N) is 1. The maximum absolute atomic E-state index is 12.6. The van der Waals surface area contributed by atoms with Crippen LogP contribution in [0.4, 0.5) is 23.2 Å². The van der Waals surface area contributed by atoms with Gasteiger partial charge in [0.1, 0.15) is 5.69 Å². The van der Waals surface area contributed by atoms with Crippen molar-refractivity contribution in [3.05, 3.63) is 24.0 Å². The van der Waals surface area contributed by atoms with Crippen LogP contribution in [0.1, 0.15) is 10.5 Å². The number of primary amides is 1. The number of nitrogens with one attached hydrogen (secondary N) is 1. The summed E-state index contributed by atoms with van der Waals surface area (Å²) < 4.78 is 48.8. The molecule has 1 rings (SSSR count). The Morgan fingerprint density at radius 3 is 2.71 bits per heavy atom. The van der Waals surface area contributed by atoms with Crippen LogP contribution < -0.4 is 11.1 Å². The highest BCUT2D eigenvalue weighted by Crippen LogP contribution is 2.23. The third-order valence-corrected chi connectivity index (χ3v) is 1.86. The number of anilines is 1. The SMILES string of the molecule is NC(=O)c1cc(NCC(F)(F)C(F)F)ccn1. The molecule has 0 aliphatic rings. The van der Waals surface area contributed by atoms with Crippen LogP contribution in [-0.2, 0) is 0 Å². The highest BCUT2D eigenvalue weighted by molar-refractivity contribution is 5.91. The van der Waals surface area contributed by atoms with Crippen molar-refractivity contribution < 1.29 is 22.4 Å². The molecule has 0 saturated heterocycles. The van der Waals surface area contributed by atoms with E-state index >= 15 is 0 Å². The minimum absolute atomic E-state index is 0.0640. The molecule has 4 nitrogen and oxygen atoms in total. The summed E-state index contributed by atoms with van der Waals surface area (Å²) in [6, 6.07) is 2.36. The first-order valence-corrected chi connectivity index (χ1v) is 4.48. The maximum Gasteiger partial charge on any atom is 0.324 e. The summed E-state index contributed by atoms with van der Waals surface area (Å²) >= 11 is 0. The molecule has 0 saturated carbocycles. The lowest BCUT2D eigenvalue weighted by Crippen LogP contribution is -2.34. The summed E-state index contributed by atoms with van der Waals surface area (Å²) in [7, 11) is 0. The molecule has 0 atom stereocenters. The van der Waals surface area contributed by atoms with Crippen molar-refractivity contribution in [1.82, 2.24) is 4.98 Å². The topological polar surface area (TPSA) is 68.0 Å². The van der Waals surface area contributed by atoms with Crippen LogP contribution >= 0.6 is 0 Å². The molecule has 0 bridgehead atoms. The van der Waals surface area contributed by atoms with Gasteiger partial charge in [0.15, 0.2) is 0 Å². The van der Waals surface area contributed by atoms with E-state index in [0.717, 1.165) is 12.3 Å². The number of hydrogen-bond donors (Lipinski definition) is 2. The number of nitrogens with zero attached hydrogens (tertiary/aromatic N) is 1. The van der Waals surface area contributed by atoms with Crippen molar-refractivity contribution in [2.45, 2.75) is 12.3 Å². The van der Waals surface area contributed by atoms with E-state index in [1.807, 2.05) is 0 Å². The summed E-state index contributed by atoms with van der Waals surface area (Å²) in [5.74, 6) is -4.98. The van der Waals surface area contributed by atoms with Crippen LogP contribution in [0, 0.1) is 0 Å². The Hall–Kier alpha value is -1.86. The van der Waals surface area contributed by atoms with E-state index in [2.05, 4.69) is 10.3 Å². The van der Waals surface area contributed by atoms with Gasteiger partial charge < -0.3 is 11.1 Å². The number of halogens is 4. The van der Waals surface area contributed by atoms with E-state index in [1.165, 1.54) is 6.07 Å². The molecular weight excluding hydrogens is 242 g/mol. The smallest absolute Gasteiger partial charge is 0.324 e. The Balaban J connectivity index is 2.70. The lowest BCUT2D eigenvalue weighted by Gasteiger charge is -2.16. The van der Waals surface area contributed by atoms with Crippen molar-refractivity contribution >= 4 is 11.6 Å². The van der Waals surface area contributed by atoms with Crippen LogP contribution in [0.5, 0.6) is 0 Å². The first kappa shape index (κ1) is 13.2. The van der Waals surface area contributed by atoms with Crippen molar-refractivity contribution in [3.8, 4) is 0 Å². The summed E-state index contributed by atoms with van der Waals surface area (Å²) in [5, 5.41) is 2.08. The number of carbonyl (C=O) groups is 1. The second-order valence-electron chi connectivity index (χ2n) is 3.21. The number of alkyl halides is 4. The predicted molar refractivity (Wildman–Crippen MR) is 52.2 cm³/mol. The molecule has 0 fully saturated rings. The normalized spacial score (nSPS) is 11.6. The van der Waals surface area contributed by atoms with Crippen LogP contribution in [0.15, 0.2) is 18.3 Å². The van der Waals surface area contributed by atoms with Crippen molar-refractivity contribution in [2.24, 2.45) is 5.73 Å². The van der Waals surface area contributed by atoms with Gasteiger partial charge in [0.05, 0.1) is 6.54 Å². The predicted octanol–water partition coefficient (Wildman–Crippen LogP) is 1.49. The number of pyridine rings is 1. The molecule has 1 amide bonds. The molecule has 8 heteroatoms. The Bertz CT molecular complexity index is 411. The summed E-state index contributed by atoms with van der Waals surface area (Å²) in [6.45, 7) is -1.24. The summed E-state index contributed by atoms with van der Waals surface area (Å²) in [4.78, 5) is 14.3. The minimum atomic E-state index is -4.14. The van der Waals surface area contributed by atoms with Gasteiger partial charge in [0.2, 0.25) is 0 Å². The van der Waals surface area contributed by atoms with Crippen LogP contribution in [-0.4, -0.2) is 29.8 Å². The molecule has 1 aromatic rings. The maximum atomic E-state index is 12.6. The third kappa shape index (κ3) is 3.58. The molecule has 1 aromatic heterocycles. The van der Waals surface area contributed by atoms with Gasteiger partial charge in [-0.3, -0.25) is 9.78 Å². The summed E-state index contributed by atoms with van der Waals surface area (Å²) in [6.07, 6.45) is -2.60. The molecule has 94 valence electrons. The number of rotatable bonds is 5. The average Bonchev–Trinajstić information content (AvgIpc) is 2.26. The molecule has 0 spiro atoms. The highest BCUT2D eigenvalue weighted by atomic mass is 19.3. The van der Waals surface area contributed by atoms with Gasteiger partial charge in [-0.15, -0.1) is 0 Å². The average molecular weight is 251 g/mol. The van der Waals surface area contributed by atoms with Crippen molar-refractivity contribution in [2.75, 3.05) is 11.9 Å². The van der Waals surface area contributed by atoms with E-state index < -0.39 is 24.8 Å². The fraction of sp³-hybridized carbons (Fsp3) is 0.333. The second kappa shape index (κ2) is 4.98. The lowest BCUT2D eigenvalue weighted by molar-refractivity contribution is -0.117. The van der Waals surface area contributed by atoms with Gasteiger partial charge >= 0.3 is 12.3 Å². The Morgan fingerprint density at radius 1 is 1.53 bits per heavy atom. The van der Waals surface area contributed by atoms with E-state index in [4.69, 9.17) is 5.73 Å². The molecule has 0 aliphatic heterocycles. The van der Waals surface area contributed by atoms with Crippen LogP contribution in [0.2, 0.25) is 0 Å². The quantitative estimate of drug-likeness (QED) is 0.779. The van der Waals surface area contributed by atoms with Gasteiger partial charge in [0, 0.05) is 11.9 Å². The molecular formula is C9H9F4N3O. The van der Waals surface area contributed by atoms with Gasteiger partial charge in [-0.05, 0) is 12.1 Å². The van der Waals surface area contributed by atoms with E-state index in [-0.39, 0.29) is 11.4 Å². The first-order valence-electron chi connectivity index (χ1n) is 4.48. The molecule has 0 unspecified atom stereocenters. The zero-order chi connectivity index (χ0) is 13.1. The van der Waals surface area contributed by atoms with Gasteiger partial charge in [-0.1, -0.05) is 0 Å². The van der Waals surface area contributed by atoms with Crippen LogP contribution in [0.25, 0.3) is 0 Å². The Labute approximate surface area is 93.8 Å². The number of carbonyl (C=O) groups excluding carboxylic acids is 1. The minimum Gasteiger partial charge on any atom is -0.379 e. The Kier molecular flexibility index (Phi) is 3.87. The lowest BCUT2D eigenvalue weighted by atomic mass is 10.3. The van der Waals surface area contributed by atoms with Gasteiger partial charge in [-0.2, -0.15) is 8.78 Å². The number of amides is 1. The fourth-order valence-corrected chi connectivity index (χ4v) is 0.972. The summed E-state index contributed by atoms with van der Waals surface area (Å²) in [5.41, 5.74) is 4.84. The Morgan fingerprint density at radius 2 is 2.18 bits per heavy atom. The van der Waals surface area contributed by atoms with Crippen molar-refractivity contribution in [1.29, 1.82) is 0 Å².